The average Bonchev–Trinajstić information content (AvgIpc) is 3.40. The van der Waals surface area contributed by atoms with Crippen molar-refractivity contribution in [1.29, 1.82) is 5.26 Å². The first-order valence-corrected chi connectivity index (χ1v) is 14.6. The number of rotatable bonds is 7. The Hall–Kier alpha value is -3.85. The van der Waals surface area contributed by atoms with E-state index in [1.807, 2.05) is 31.2 Å². The Labute approximate surface area is 244 Å². The number of benzene rings is 2. The molecule has 40 heavy (non-hydrogen) atoms. The molecule has 0 spiro atoms. The Bertz CT molecular complexity index is 1610. The number of ether oxygens (including phenoxy) is 1. The minimum absolute atomic E-state index is 0.00485. The van der Waals surface area contributed by atoms with Gasteiger partial charge in [-0.05, 0) is 43.5 Å². The molecule has 1 aliphatic carbocycles. The fourth-order valence-corrected chi connectivity index (χ4v) is 6.78. The lowest BCUT2D eigenvalue weighted by Gasteiger charge is -2.38. The lowest BCUT2D eigenvalue weighted by atomic mass is 9.75. The van der Waals surface area contributed by atoms with Crippen molar-refractivity contribution < 1.29 is 14.3 Å². The largest absolute Gasteiger partial charge is 0.495 e. The lowest BCUT2D eigenvalue weighted by Crippen LogP contribution is -2.38. The van der Waals surface area contributed by atoms with Gasteiger partial charge in [0.25, 0.3) is 0 Å². The number of Topliss-reactive ketones (excluding diaryl/α,β-unsaturated/α-hetero) is 1. The Morgan fingerprint density at radius 1 is 1.30 bits per heavy atom. The summed E-state index contributed by atoms with van der Waals surface area (Å²) in [5.74, 6) is 0.0112. The number of carbonyl (C=O) groups is 2. The molecule has 1 amide bonds. The summed E-state index contributed by atoms with van der Waals surface area (Å²) in [7, 11) is 1.51. The molecule has 0 bridgehead atoms. The summed E-state index contributed by atoms with van der Waals surface area (Å²) < 4.78 is 5.82. The fraction of sp³-hybridized carbons (Fsp3) is 0.250. The Morgan fingerprint density at radius 3 is 2.88 bits per heavy atom. The number of halogens is 1. The van der Waals surface area contributed by atoms with E-state index in [1.54, 1.807) is 23.1 Å². The van der Waals surface area contributed by atoms with Crippen molar-refractivity contribution in [3.63, 3.8) is 0 Å². The lowest BCUT2D eigenvalue weighted by molar-refractivity contribution is -0.116. The number of aromatic nitrogens is 2. The topological polar surface area (TPSA) is 134 Å². The van der Waals surface area contributed by atoms with Crippen LogP contribution in [0.15, 0.2) is 69.5 Å². The fourth-order valence-electron chi connectivity index (χ4n) is 4.93. The van der Waals surface area contributed by atoms with Gasteiger partial charge in [0.2, 0.25) is 11.0 Å². The maximum Gasteiger partial charge on any atom is 0.234 e. The highest BCUT2D eigenvalue weighted by atomic mass is 35.5. The number of thioether (sulfide) groups is 1. The number of anilines is 2. The molecule has 3 N–H and O–H groups in total. The summed E-state index contributed by atoms with van der Waals surface area (Å²) >= 11 is 8.51. The van der Waals surface area contributed by atoms with Crippen molar-refractivity contribution in [3.05, 3.63) is 81.3 Å². The molecule has 2 heterocycles. The quantitative estimate of drug-likeness (QED) is 0.339. The van der Waals surface area contributed by atoms with Crippen molar-refractivity contribution in [2.24, 2.45) is 5.73 Å². The van der Waals surface area contributed by atoms with E-state index in [4.69, 9.17) is 22.1 Å². The molecular formula is C28H25ClN6O3S2. The number of aryl methyl sites for hydroxylation is 1. The first-order chi connectivity index (χ1) is 19.3. The molecular weight excluding hydrogens is 568 g/mol. The summed E-state index contributed by atoms with van der Waals surface area (Å²) in [6, 6.07) is 15.0. The molecule has 1 aromatic heterocycles. The van der Waals surface area contributed by atoms with E-state index in [2.05, 4.69) is 21.6 Å². The molecule has 5 rings (SSSR count). The van der Waals surface area contributed by atoms with Crippen LogP contribution in [0, 0.1) is 18.3 Å². The van der Waals surface area contributed by atoms with E-state index in [9.17, 15) is 14.9 Å². The molecule has 3 aromatic rings. The zero-order valence-electron chi connectivity index (χ0n) is 21.7. The molecule has 1 atom stereocenters. The van der Waals surface area contributed by atoms with Gasteiger partial charge in [-0.3, -0.25) is 14.5 Å². The van der Waals surface area contributed by atoms with Crippen LogP contribution in [0.3, 0.4) is 0 Å². The van der Waals surface area contributed by atoms with Crippen molar-refractivity contribution in [2.45, 2.75) is 36.4 Å². The van der Waals surface area contributed by atoms with Gasteiger partial charge < -0.3 is 15.8 Å². The van der Waals surface area contributed by atoms with Crippen LogP contribution in [0.1, 0.15) is 36.3 Å². The second kappa shape index (κ2) is 11.7. The van der Waals surface area contributed by atoms with E-state index >= 15 is 0 Å². The highest BCUT2D eigenvalue weighted by Gasteiger charge is 2.41. The Balaban J connectivity index is 1.41. The number of hydrogen-bond donors (Lipinski definition) is 2. The van der Waals surface area contributed by atoms with Crippen LogP contribution >= 0.6 is 34.7 Å². The monoisotopic (exact) mass is 592 g/mol. The summed E-state index contributed by atoms with van der Waals surface area (Å²) in [4.78, 5) is 27.6. The van der Waals surface area contributed by atoms with Crippen LogP contribution in [0.5, 0.6) is 5.75 Å². The Morgan fingerprint density at radius 2 is 2.12 bits per heavy atom. The number of allylic oxidation sites excluding steroid dienone is 3. The molecule has 0 saturated heterocycles. The number of methoxy groups -OCH3 is 1. The predicted molar refractivity (Wildman–Crippen MR) is 156 cm³/mol. The Kier molecular flexibility index (Phi) is 8.12. The van der Waals surface area contributed by atoms with Crippen molar-refractivity contribution in [3.8, 4) is 11.8 Å². The van der Waals surface area contributed by atoms with Gasteiger partial charge in [0.15, 0.2) is 10.1 Å². The zero-order chi connectivity index (χ0) is 28.4. The number of amides is 1. The van der Waals surface area contributed by atoms with Crippen LogP contribution in [-0.4, -0.2) is 34.8 Å². The molecule has 12 heteroatoms. The number of nitrogens with two attached hydrogens (primary N) is 1. The van der Waals surface area contributed by atoms with Gasteiger partial charge in [-0.1, -0.05) is 64.5 Å². The number of hydrogen-bond acceptors (Lipinski definition) is 10. The molecule has 1 aliphatic heterocycles. The van der Waals surface area contributed by atoms with Crippen LogP contribution in [0.2, 0.25) is 5.02 Å². The van der Waals surface area contributed by atoms with E-state index in [1.165, 1.54) is 30.2 Å². The van der Waals surface area contributed by atoms with Gasteiger partial charge in [-0.2, -0.15) is 5.26 Å². The van der Waals surface area contributed by atoms with Crippen molar-refractivity contribution >= 4 is 57.2 Å². The summed E-state index contributed by atoms with van der Waals surface area (Å²) in [5, 5.41) is 22.5. The number of nitriles is 1. The second-order valence-electron chi connectivity index (χ2n) is 9.26. The van der Waals surface area contributed by atoms with Crippen LogP contribution in [0.4, 0.5) is 10.8 Å². The van der Waals surface area contributed by atoms with Crippen LogP contribution in [0.25, 0.3) is 0 Å². The van der Waals surface area contributed by atoms with Gasteiger partial charge in [0, 0.05) is 22.7 Å². The standard InChI is InChI=1S/C28H25ClN6O3S2/c1-15-5-3-6-16(11-15)24-18(13-30)26(31)35(20-7-4-8-21(36)25(20)24)27-33-34-28(40-27)39-14-23(37)32-19-12-17(29)9-10-22(19)38-2/h3,5-6,9-12,24H,4,7-8,14,31H2,1-2H3,(H,32,37). The van der Waals surface area contributed by atoms with E-state index < -0.39 is 5.92 Å². The predicted octanol–water partition coefficient (Wildman–Crippen LogP) is 5.54. The zero-order valence-corrected chi connectivity index (χ0v) is 24.1. The van der Waals surface area contributed by atoms with Gasteiger partial charge in [-0.25, -0.2) is 0 Å². The van der Waals surface area contributed by atoms with Gasteiger partial charge in [0.1, 0.15) is 11.6 Å². The molecule has 0 fully saturated rings. The summed E-state index contributed by atoms with van der Waals surface area (Å²) in [6.07, 6.45) is 1.71. The number of nitrogens with one attached hydrogen (secondary N) is 1. The number of nitrogens with zero attached hydrogens (tertiary/aromatic N) is 4. The van der Waals surface area contributed by atoms with Crippen molar-refractivity contribution in [2.75, 3.05) is 23.1 Å². The van der Waals surface area contributed by atoms with Crippen LogP contribution in [-0.2, 0) is 9.59 Å². The first kappa shape index (κ1) is 27.7. The van der Waals surface area contributed by atoms with Gasteiger partial charge in [0.05, 0.1) is 36.1 Å². The van der Waals surface area contributed by atoms with Crippen LogP contribution < -0.4 is 20.7 Å². The molecule has 0 radical (unpaired) electrons. The number of carbonyl (C=O) groups excluding carboxylic acids is 2. The van der Waals surface area contributed by atoms with E-state index in [0.29, 0.717) is 56.3 Å². The third-order valence-corrected chi connectivity index (χ3v) is 8.92. The average molecular weight is 593 g/mol. The third-order valence-electron chi connectivity index (χ3n) is 6.64. The van der Waals surface area contributed by atoms with Gasteiger partial charge >= 0.3 is 0 Å². The maximum atomic E-state index is 13.3. The van der Waals surface area contributed by atoms with E-state index in [-0.39, 0.29) is 23.3 Å². The second-order valence-corrected chi connectivity index (χ2v) is 11.9. The van der Waals surface area contributed by atoms with Crippen molar-refractivity contribution in [1.82, 2.24) is 10.2 Å². The molecule has 2 aromatic carbocycles. The maximum absolute atomic E-state index is 13.3. The molecule has 204 valence electrons. The highest BCUT2D eigenvalue weighted by Crippen LogP contribution is 2.47. The van der Waals surface area contributed by atoms with Gasteiger partial charge in [-0.15, -0.1) is 10.2 Å². The minimum Gasteiger partial charge on any atom is -0.495 e. The normalized spacial score (nSPS) is 17.0. The SMILES string of the molecule is COc1ccc(Cl)cc1NC(=O)CSc1nnc(N2C(N)=C(C#N)C(c3cccc(C)c3)C3=C2CCCC3=O)s1. The summed E-state index contributed by atoms with van der Waals surface area (Å²) in [6.45, 7) is 1.97. The highest BCUT2D eigenvalue weighted by molar-refractivity contribution is 8.01. The molecule has 1 unspecified atom stereocenters. The number of ketones is 1. The first-order valence-electron chi connectivity index (χ1n) is 12.4. The van der Waals surface area contributed by atoms with E-state index in [0.717, 1.165) is 16.8 Å². The smallest absolute Gasteiger partial charge is 0.234 e. The molecule has 0 saturated carbocycles. The molecule has 9 nitrogen and oxygen atoms in total. The summed E-state index contributed by atoms with van der Waals surface area (Å²) in [5.41, 5.74) is 10.6. The minimum atomic E-state index is -0.530. The molecule has 2 aliphatic rings. The third kappa shape index (κ3) is 5.43.